The Bertz CT molecular complexity index is 766. The Kier molecular flexibility index (Phi) is 4.68. The van der Waals surface area contributed by atoms with Crippen molar-refractivity contribution >= 4 is 22.9 Å². The minimum atomic E-state index is -0.106. The van der Waals surface area contributed by atoms with Gasteiger partial charge >= 0.3 is 0 Å². The van der Waals surface area contributed by atoms with E-state index in [4.69, 9.17) is 9.15 Å². The van der Waals surface area contributed by atoms with Gasteiger partial charge in [-0.2, -0.15) is 11.3 Å². The largest absolute Gasteiger partial charge is 0.497 e. The van der Waals surface area contributed by atoms with E-state index >= 15 is 0 Å². The number of nitrogens with one attached hydrogen (secondary N) is 1. The smallest absolute Gasteiger partial charge is 0.248 e. The van der Waals surface area contributed by atoms with Gasteiger partial charge in [0.15, 0.2) is 0 Å². The standard InChI is InChI=1S/C16H15N3O3S/c1-21-13-4-2-12(3-5-13)17-14(20)6-7-15-18-19-16(22-15)11-8-9-23-10-11/h2-5,8-10H,6-7H2,1H3,(H,17,20). The molecule has 1 amide bonds. The van der Waals surface area contributed by atoms with E-state index in [1.165, 1.54) is 0 Å². The second-order valence-electron chi connectivity index (χ2n) is 4.79. The number of rotatable bonds is 6. The molecular weight excluding hydrogens is 314 g/mol. The van der Waals surface area contributed by atoms with E-state index in [1.807, 2.05) is 16.8 Å². The van der Waals surface area contributed by atoms with Crippen LogP contribution in [0, 0.1) is 0 Å². The van der Waals surface area contributed by atoms with Crippen LogP contribution in [0.2, 0.25) is 0 Å². The maximum Gasteiger partial charge on any atom is 0.248 e. The molecule has 3 rings (SSSR count). The molecule has 23 heavy (non-hydrogen) atoms. The second kappa shape index (κ2) is 7.06. The molecule has 2 aromatic heterocycles. The van der Waals surface area contributed by atoms with Crippen LogP contribution in [0.5, 0.6) is 5.75 Å². The molecule has 0 radical (unpaired) electrons. The Hall–Kier alpha value is -2.67. The zero-order chi connectivity index (χ0) is 16.1. The maximum atomic E-state index is 11.9. The highest BCUT2D eigenvalue weighted by Gasteiger charge is 2.11. The first-order valence-corrected chi connectivity index (χ1v) is 7.98. The molecule has 0 unspecified atom stereocenters. The zero-order valence-electron chi connectivity index (χ0n) is 12.5. The van der Waals surface area contributed by atoms with Crippen molar-refractivity contribution < 1.29 is 13.9 Å². The van der Waals surface area contributed by atoms with Crippen molar-refractivity contribution in [3.8, 4) is 17.2 Å². The number of aromatic nitrogens is 2. The van der Waals surface area contributed by atoms with Crippen LogP contribution in [-0.4, -0.2) is 23.2 Å². The Morgan fingerprint density at radius 2 is 2.09 bits per heavy atom. The average Bonchev–Trinajstić information content (AvgIpc) is 3.25. The van der Waals surface area contributed by atoms with Crippen LogP contribution in [0.4, 0.5) is 5.69 Å². The fourth-order valence-electron chi connectivity index (χ4n) is 1.98. The summed E-state index contributed by atoms with van der Waals surface area (Å²) in [5.74, 6) is 1.58. The lowest BCUT2D eigenvalue weighted by atomic mass is 10.2. The predicted octanol–water partition coefficient (Wildman–Crippen LogP) is 3.38. The second-order valence-corrected chi connectivity index (χ2v) is 5.57. The van der Waals surface area contributed by atoms with Gasteiger partial charge in [0.05, 0.1) is 7.11 Å². The lowest BCUT2D eigenvalue weighted by Crippen LogP contribution is -2.12. The van der Waals surface area contributed by atoms with Gasteiger partial charge in [-0.05, 0) is 35.7 Å². The fraction of sp³-hybridized carbons (Fsp3) is 0.188. The van der Waals surface area contributed by atoms with Gasteiger partial charge in [0.25, 0.3) is 0 Å². The summed E-state index contributed by atoms with van der Waals surface area (Å²) in [7, 11) is 1.60. The third kappa shape index (κ3) is 3.95. The summed E-state index contributed by atoms with van der Waals surface area (Å²) in [6, 6.07) is 9.08. The predicted molar refractivity (Wildman–Crippen MR) is 87.6 cm³/mol. The summed E-state index contributed by atoms with van der Waals surface area (Å²) in [4.78, 5) is 11.9. The Morgan fingerprint density at radius 1 is 1.26 bits per heavy atom. The first kappa shape index (κ1) is 15.2. The molecule has 0 saturated carbocycles. The van der Waals surface area contributed by atoms with E-state index in [0.717, 1.165) is 17.0 Å². The molecule has 2 heterocycles. The highest BCUT2D eigenvalue weighted by Crippen LogP contribution is 2.21. The number of hydrogen-bond donors (Lipinski definition) is 1. The van der Waals surface area contributed by atoms with Crippen LogP contribution in [0.15, 0.2) is 45.5 Å². The molecule has 0 fully saturated rings. The number of amides is 1. The molecule has 0 aliphatic carbocycles. The molecule has 0 bridgehead atoms. The summed E-state index contributed by atoms with van der Waals surface area (Å²) >= 11 is 1.56. The number of ether oxygens (including phenoxy) is 1. The highest BCUT2D eigenvalue weighted by molar-refractivity contribution is 7.08. The lowest BCUT2D eigenvalue weighted by molar-refractivity contribution is -0.116. The minimum absolute atomic E-state index is 0.106. The number of aryl methyl sites for hydroxylation is 1. The monoisotopic (exact) mass is 329 g/mol. The van der Waals surface area contributed by atoms with Crippen LogP contribution in [0.3, 0.4) is 0 Å². The first-order chi connectivity index (χ1) is 11.2. The Morgan fingerprint density at radius 3 is 2.78 bits per heavy atom. The first-order valence-electron chi connectivity index (χ1n) is 7.03. The number of carbonyl (C=O) groups is 1. The normalized spacial score (nSPS) is 10.5. The number of benzene rings is 1. The highest BCUT2D eigenvalue weighted by atomic mass is 32.1. The van der Waals surface area contributed by atoms with Gasteiger partial charge in [0.2, 0.25) is 17.7 Å². The fourth-order valence-corrected chi connectivity index (χ4v) is 2.61. The Labute approximate surface area is 137 Å². The molecule has 0 aliphatic rings. The van der Waals surface area contributed by atoms with Gasteiger partial charge in [-0.25, -0.2) is 0 Å². The van der Waals surface area contributed by atoms with Crippen LogP contribution in [0.1, 0.15) is 12.3 Å². The number of thiophene rings is 1. The third-order valence-corrected chi connectivity index (χ3v) is 3.86. The molecule has 118 valence electrons. The molecule has 0 atom stereocenters. The van der Waals surface area contributed by atoms with Crippen molar-refractivity contribution in [2.45, 2.75) is 12.8 Å². The summed E-state index contributed by atoms with van der Waals surface area (Å²) in [5.41, 5.74) is 1.62. The number of methoxy groups -OCH3 is 1. The van der Waals surface area contributed by atoms with E-state index in [9.17, 15) is 4.79 Å². The molecule has 1 N–H and O–H groups in total. The van der Waals surface area contributed by atoms with Crippen molar-refractivity contribution in [1.29, 1.82) is 0 Å². The lowest BCUT2D eigenvalue weighted by Gasteiger charge is -2.05. The molecular formula is C16H15N3O3S. The van der Waals surface area contributed by atoms with Crippen molar-refractivity contribution in [2.75, 3.05) is 12.4 Å². The van der Waals surface area contributed by atoms with Gasteiger partial charge in [-0.15, -0.1) is 10.2 Å². The van der Waals surface area contributed by atoms with Gasteiger partial charge < -0.3 is 14.5 Å². The van der Waals surface area contributed by atoms with E-state index in [2.05, 4.69) is 15.5 Å². The Balaban J connectivity index is 1.52. The SMILES string of the molecule is COc1ccc(NC(=O)CCc2nnc(-c3ccsc3)o2)cc1. The average molecular weight is 329 g/mol. The maximum absolute atomic E-state index is 11.9. The summed E-state index contributed by atoms with van der Waals surface area (Å²) in [6.07, 6.45) is 0.677. The molecule has 0 spiro atoms. The molecule has 6 nitrogen and oxygen atoms in total. The number of hydrogen-bond acceptors (Lipinski definition) is 6. The summed E-state index contributed by atoms with van der Waals surface area (Å²) in [5, 5.41) is 14.6. The van der Waals surface area contributed by atoms with E-state index in [1.54, 1.807) is 42.7 Å². The van der Waals surface area contributed by atoms with Crippen LogP contribution in [-0.2, 0) is 11.2 Å². The minimum Gasteiger partial charge on any atom is -0.497 e. The van der Waals surface area contributed by atoms with Gasteiger partial charge in [0, 0.05) is 29.5 Å². The van der Waals surface area contributed by atoms with Gasteiger partial charge in [-0.3, -0.25) is 4.79 Å². The molecule has 0 saturated heterocycles. The van der Waals surface area contributed by atoms with E-state index < -0.39 is 0 Å². The molecule has 0 aliphatic heterocycles. The van der Waals surface area contributed by atoms with Crippen molar-refractivity contribution in [3.05, 3.63) is 47.0 Å². The van der Waals surface area contributed by atoms with Crippen LogP contribution in [0.25, 0.3) is 11.5 Å². The summed E-state index contributed by atoms with van der Waals surface area (Å²) < 4.78 is 10.6. The van der Waals surface area contributed by atoms with Gasteiger partial charge in [-0.1, -0.05) is 0 Å². The van der Waals surface area contributed by atoms with Crippen molar-refractivity contribution in [2.24, 2.45) is 0 Å². The topological polar surface area (TPSA) is 77.2 Å². The zero-order valence-corrected chi connectivity index (χ0v) is 13.3. The van der Waals surface area contributed by atoms with Gasteiger partial charge in [0.1, 0.15) is 5.75 Å². The summed E-state index contributed by atoms with van der Waals surface area (Å²) in [6.45, 7) is 0. The number of carbonyl (C=O) groups excluding carboxylic acids is 1. The molecule has 3 aromatic rings. The van der Waals surface area contributed by atoms with Crippen molar-refractivity contribution in [1.82, 2.24) is 10.2 Å². The quantitative estimate of drug-likeness (QED) is 0.750. The van der Waals surface area contributed by atoms with E-state index in [-0.39, 0.29) is 12.3 Å². The molecule has 7 heteroatoms. The van der Waals surface area contributed by atoms with Crippen LogP contribution >= 0.6 is 11.3 Å². The van der Waals surface area contributed by atoms with Crippen LogP contribution < -0.4 is 10.1 Å². The number of anilines is 1. The van der Waals surface area contributed by atoms with Crippen molar-refractivity contribution in [3.63, 3.8) is 0 Å². The third-order valence-electron chi connectivity index (χ3n) is 3.17. The number of nitrogens with zero attached hydrogens (tertiary/aromatic N) is 2. The van der Waals surface area contributed by atoms with E-state index in [0.29, 0.717) is 18.2 Å². The molecule has 1 aromatic carbocycles.